The Morgan fingerprint density at radius 2 is 2.28 bits per heavy atom. The van der Waals surface area contributed by atoms with Gasteiger partial charge in [0.2, 0.25) is 10.0 Å². The van der Waals surface area contributed by atoms with Crippen molar-refractivity contribution in [3.63, 3.8) is 0 Å². The van der Waals surface area contributed by atoms with Gasteiger partial charge >= 0.3 is 0 Å². The van der Waals surface area contributed by atoms with Crippen LogP contribution in [0, 0.1) is 0 Å². The zero-order valence-corrected chi connectivity index (χ0v) is 10.8. The third kappa shape index (κ3) is 1.90. The van der Waals surface area contributed by atoms with Crippen molar-refractivity contribution in [2.75, 3.05) is 18.8 Å². The summed E-state index contributed by atoms with van der Waals surface area (Å²) in [6.45, 7) is 2.05. The van der Waals surface area contributed by atoms with E-state index in [4.69, 9.17) is 5.73 Å². The smallest absolute Gasteiger partial charge is 0.246 e. The van der Waals surface area contributed by atoms with Crippen LogP contribution in [-0.4, -0.2) is 48.7 Å². The standard InChI is InChI=1S/C10H17N5O2S/c11-10-9(6-12-13-10)18(16,17)14-7-3-5-15-4-1-2-8(7)15/h6-8,14H,1-5H2,(H3,11,12,13). The van der Waals surface area contributed by atoms with Crippen LogP contribution in [0.25, 0.3) is 0 Å². The number of nitrogen functional groups attached to an aromatic ring is 1. The molecule has 18 heavy (non-hydrogen) atoms. The normalized spacial score (nSPS) is 28.7. The summed E-state index contributed by atoms with van der Waals surface area (Å²) < 4.78 is 27.1. The minimum Gasteiger partial charge on any atom is -0.383 e. The molecule has 8 heteroatoms. The molecule has 100 valence electrons. The number of rotatable bonds is 3. The van der Waals surface area contributed by atoms with E-state index in [2.05, 4.69) is 19.8 Å². The summed E-state index contributed by atoms with van der Waals surface area (Å²) in [6, 6.07) is 0.333. The largest absolute Gasteiger partial charge is 0.383 e. The highest BCUT2D eigenvalue weighted by Crippen LogP contribution is 2.29. The van der Waals surface area contributed by atoms with Gasteiger partial charge in [-0.2, -0.15) is 5.10 Å². The molecule has 3 rings (SSSR count). The zero-order valence-electron chi connectivity index (χ0n) is 9.96. The summed E-state index contributed by atoms with van der Waals surface area (Å²) in [4.78, 5) is 2.39. The second kappa shape index (κ2) is 4.22. The molecule has 2 aliphatic rings. The van der Waals surface area contributed by atoms with Crippen molar-refractivity contribution in [1.82, 2.24) is 19.8 Å². The van der Waals surface area contributed by atoms with Crippen LogP contribution >= 0.6 is 0 Å². The van der Waals surface area contributed by atoms with Crippen LogP contribution in [0.15, 0.2) is 11.1 Å². The fourth-order valence-electron chi connectivity index (χ4n) is 2.98. The molecule has 3 heterocycles. The number of aromatic nitrogens is 2. The number of nitrogens with two attached hydrogens (primary N) is 1. The Bertz CT molecular complexity index is 540. The molecule has 0 amide bonds. The molecule has 7 nitrogen and oxygen atoms in total. The number of nitrogens with one attached hydrogen (secondary N) is 2. The van der Waals surface area contributed by atoms with Gasteiger partial charge in [-0.3, -0.25) is 10.00 Å². The highest BCUT2D eigenvalue weighted by molar-refractivity contribution is 7.89. The van der Waals surface area contributed by atoms with Crippen molar-refractivity contribution < 1.29 is 8.42 Å². The second-order valence-corrected chi connectivity index (χ2v) is 6.59. The minimum absolute atomic E-state index is 0.00759. The monoisotopic (exact) mass is 271 g/mol. The van der Waals surface area contributed by atoms with E-state index in [1.165, 1.54) is 6.20 Å². The maximum absolute atomic E-state index is 12.2. The predicted octanol–water partition coefficient (Wildman–Crippen LogP) is -0.493. The highest BCUT2D eigenvalue weighted by atomic mass is 32.2. The molecule has 2 aliphatic heterocycles. The summed E-state index contributed by atoms with van der Waals surface area (Å²) in [7, 11) is -3.57. The van der Waals surface area contributed by atoms with E-state index < -0.39 is 10.0 Å². The van der Waals surface area contributed by atoms with Crippen molar-refractivity contribution in [1.29, 1.82) is 0 Å². The van der Waals surface area contributed by atoms with Crippen molar-refractivity contribution >= 4 is 15.8 Å². The Balaban J connectivity index is 1.79. The number of anilines is 1. The van der Waals surface area contributed by atoms with Crippen LogP contribution in [0.1, 0.15) is 19.3 Å². The SMILES string of the molecule is Nc1[nH]ncc1S(=O)(=O)NC1CCN2CCCC12. The first-order chi connectivity index (χ1) is 8.58. The zero-order chi connectivity index (χ0) is 12.8. The minimum atomic E-state index is -3.57. The van der Waals surface area contributed by atoms with Crippen molar-refractivity contribution in [2.45, 2.75) is 36.2 Å². The van der Waals surface area contributed by atoms with Gasteiger partial charge in [-0.1, -0.05) is 0 Å². The number of hydrogen-bond acceptors (Lipinski definition) is 5. The Hall–Kier alpha value is -1.12. The maximum Gasteiger partial charge on any atom is 0.246 e. The first-order valence-corrected chi connectivity index (χ1v) is 7.61. The second-order valence-electron chi connectivity index (χ2n) is 4.91. The van der Waals surface area contributed by atoms with Crippen LogP contribution in [0.2, 0.25) is 0 Å². The van der Waals surface area contributed by atoms with Crippen LogP contribution in [0.5, 0.6) is 0 Å². The maximum atomic E-state index is 12.2. The molecule has 0 bridgehead atoms. The summed E-state index contributed by atoms with van der Waals surface area (Å²) in [5, 5.41) is 6.09. The van der Waals surface area contributed by atoms with Crippen LogP contribution in [-0.2, 0) is 10.0 Å². The van der Waals surface area contributed by atoms with Gasteiger partial charge in [0.25, 0.3) is 0 Å². The number of hydrogen-bond donors (Lipinski definition) is 3. The molecule has 2 saturated heterocycles. The average Bonchev–Trinajstić information content (AvgIpc) is 2.96. The molecule has 2 unspecified atom stereocenters. The summed E-state index contributed by atoms with van der Waals surface area (Å²) in [6.07, 6.45) is 4.32. The molecular weight excluding hydrogens is 254 g/mol. The molecule has 1 aromatic heterocycles. The van der Waals surface area contributed by atoms with Gasteiger partial charge in [0.15, 0.2) is 0 Å². The Kier molecular flexibility index (Phi) is 2.80. The molecule has 2 fully saturated rings. The number of fused-ring (bicyclic) bond motifs is 1. The number of nitrogens with zero attached hydrogens (tertiary/aromatic N) is 2. The van der Waals surface area contributed by atoms with E-state index in [1.54, 1.807) is 0 Å². The molecule has 0 radical (unpaired) electrons. The van der Waals surface area contributed by atoms with Gasteiger partial charge in [0, 0.05) is 18.6 Å². The van der Waals surface area contributed by atoms with Gasteiger partial charge in [0.1, 0.15) is 10.7 Å². The fourth-order valence-corrected chi connectivity index (χ4v) is 4.31. The molecule has 0 spiro atoms. The molecular formula is C10H17N5O2S. The van der Waals surface area contributed by atoms with Crippen LogP contribution in [0.4, 0.5) is 5.82 Å². The molecule has 2 atom stereocenters. The number of sulfonamides is 1. The first-order valence-electron chi connectivity index (χ1n) is 6.13. The van der Waals surface area contributed by atoms with E-state index in [-0.39, 0.29) is 16.8 Å². The van der Waals surface area contributed by atoms with E-state index >= 15 is 0 Å². The van der Waals surface area contributed by atoms with Crippen molar-refractivity contribution in [3.8, 4) is 0 Å². The van der Waals surface area contributed by atoms with Crippen LogP contribution in [0.3, 0.4) is 0 Å². The highest BCUT2D eigenvalue weighted by Gasteiger charge is 2.39. The Morgan fingerprint density at radius 1 is 1.44 bits per heavy atom. The fraction of sp³-hybridized carbons (Fsp3) is 0.700. The summed E-state index contributed by atoms with van der Waals surface area (Å²) >= 11 is 0. The topological polar surface area (TPSA) is 104 Å². The van der Waals surface area contributed by atoms with Crippen LogP contribution < -0.4 is 10.5 Å². The van der Waals surface area contributed by atoms with E-state index in [0.717, 1.165) is 32.4 Å². The molecule has 0 saturated carbocycles. The van der Waals surface area contributed by atoms with Gasteiger partial charge < -0.3 is 5.73 Å². The number of H-pyrrole nitrogens is 1. The Morgan fingerprint density at radius 3 is 3.00 bits per heavy atom. The molecule has 0 aliphatic carbocycles. The molecule has 4 N–H and O–H groups in total. The average molecular weight is 271 g/mol. The van der Waals surface area contributed by atoms with E-state index in [1.807, 2.05) is 0 Å². The molecule has 1 aromatic rings. The lowest BCUT2D eigenvalue weighted by molar-refractivity contribution is 0.309. The predicted molar refractivity (Wildman–Crippen MR) is 66.3 cm³/mol. The van der Waals surface area contributed by atoms with E-state index in [0.29, 0.717) is 6.04 Å². The third-order valence-electron chi connectivity index (χ3n) is 3.83. The molecule has 0 aromatic carbocycles. The van der Waals surface area contributed by atoms with Gasteiger partial charge in [0.05, 0.1) is 6.20 Å². The lowest BCUT2D eigenvalue weighted by Gasteiger charge is -2.20. The summed E-state index contributed by atoms with van der Waals surface area (Å²) in [5.74, 6) is 0.0868. The quantitative estimate of drug-likeness (QED) is 0.688. The van der Waals surface area contributed by atoms with Crippen molar-refractivity contribution in [2.24, 2.45) is 0 Å². The van der Waals surface area contributed by atoms with Gasteiger partial charge in [-0.15, -0.1) is 0 Å². The Labute approximate surface area is 106 Å². The lowest BCUT2D eigenvalue weighted by atomic mass is 10.1. The van der Waals surface area contributed by atoms with E-state index in [9.17, 15) is 8.42 Å². The van der Waals surface area contributed by atoms with Gasteiger partial charge in [-0.05, 0) is 25.8 Å². The summed E-state index contributed by atoms with van der Waals surface area (Å²) in [5.41, 5.74) is 5.56. The number of aromatic amines is 1. The van der Waals surface area contributed by atoms with Gasteiger partial charge in [-0.25, -0.2) is 13.1 Å². The first kappa shape index (κ1) is 11.9. The lowest BCUT2D eigenvalue weighted by Crippen LogP contribution is -2.42. The third-order valence-corrected chi connectivity index (χ3v) is 5.35. The van der Waals surface area contributed by atoms with Crippen molar-refractivity contribution in [3.05, 3.63) is 6.20 Å².